The highest BCUT2D eigenvalue weighted by molar-refractivity contribution is 5.94. The lowest BCUT2D eigenvalue weighted by molar-refractivity contribution is -0.123. The summed E-state index contributed by atoms with van der Waals surface area (Å²) >= 11 is 0. The van der Waals surface area contributed by atoms with Crippen LogP contribution in [0.5, 0.6) is 11.5 Å². The molecule has 1 saturated heterocycles. The molecular formula is C22H35N3O5. The molecule has 30 heavy (non-hydrogen) atoms. The third-order valence-corrected chi connectivity index (χ3v) is 4.67. The smallest absolute Gasteiger partial charge is 0.258 e. The topological polar surface area (TPSA) is 89.1 Å². The molecule has 1 fully saturated rings. The van der Waals surface area contributed by atoms with Crippen molar-refractivity contribution in [3.8, 4) is 11.5 Å². The Kier molecular flexibility index (Phi) is 9.39. The van der Waals surface area contributed by atoms with Gasteiger partial charge in [-0.2, -0.15) is 0 Å². The summed E-state index contributed by atoms with van der Waals surface area (Å²) in [7, 11) is 1.50. The number of hydrogen-bond acceptors (Lipinski definition) is 6. The fourth-order valence-corrected chi connectivity index (χ4v) is 3.51. The molecule has 0 radical (unpaired) electrons. The highest BCUT2D eigenvalue weighted by Crippen LogP contribution is 2.28. The molecule has 1 aromatic carbocycles. The Labute approximate surface area is 179 Å². The Bertz CT molecular complexity index is 700. The summed E-state index contributed by atoms with van der Waals surface area (Å²) in [5, 5.41) is 5.70. The number of carbonyl (C=O) groups excluding carboxylic acids is 2. The van der Waals surface area contributed by atoms with E-state index in [2.05, 4.69) is 29.4 Å². The van der Waals surface area contributed by atoms with Crippen molar-refractivity contribution in [1.82, 2.24) is 15.5 Å². The van der Waals surface area contributed by atoms with E-state index in [-0.39, 0.29) is 36.7 Å². The Morgan fingerprint density at radius 2 is 1.90 bits per heavy atom. The largest absolute Gasteiger partial charge is 0.493 e. The van der Waals surface area contributed by atoms with Crippen LogP contribution in [0.15, 0.2) is 18.2 Å². The molecule has 8 nitrogen and oxygen atoms in total. The summed E-state index contributed by atoms with van der Waals surface area (Å²) in [4.78, 5) is 26.6. The minimum Gasteiger partial charge on any atom is -0.493 e. The van der Waals surface area contributed by atoms with E-state index in [0.29, 0.717) is 23.6 Å². The van der Waals surface area contributed by atoms with E-state index >= 15 is 0 Å². The highest BCUT2D eigenvalue weighted by atomic mass is 16.5. The quantitative estimate of drug-likeness (QED) is 0.561. The first-order valence-corrected chi connectivity index (χ1v) is 10.5. The standard InChI is InChI=1S/C22H35N3O5/c1-15(2)24-21(26)14-29-19-8-7-18(11-20(19)28-5)22(27)23-9-6-10-25-12-16(3)30-17(4)13-25/h7-8,11,15-17H,6,9-10,12-14H2,1-5H3,(H,23,27)(H,24,26). The monoisotopic (exact) mass is 421 g/mol. The molecule has 1 aliphatic heterocycles. The van der Waals surface area contributed by atoms with Crippen LogP contribution in [0.1, 0.15) is 44.5 Å². The van der Waals surface area contributed by atoms with E-state index in [1.54, 1.807) is 18.2 Å². The number of hydrogen-bond donors (Lipinski definition) is 2. The van der Waals surface area contributed by atoms with Crippen molar-refractivity contribution in [3.05, 3.63) is 23.8 Å². The summed E-state index contributed by atoms with van der Waals surface area (Å²) in [5.74, 6) is 0.457. The lowest BCUT2D eigenvalue weighted by Gasteiger charge is -2.35. The van der Waals surface area contributed by atoms with Crippen LogP contribution in [-0.2, 0) is 9.53 Å². The highest BCUT2D eigenvalue weighted by Gasteiger charge is 2.21. The van der Waals surface area contributed by atoms with Crippen LogP contribution in [0, 0.1) is 0 Å². The number of nitrogens with one attached hydrogen (secondary N) is 2. The first-order chi connectivity index (χ1) is 14.3. The van der Waals surface area contributed by atoms with Crippen molar-refractivity contribution >= 4 is 11.8 Å². The van der Waals surface area contributed by atoms with Gasteiger partial charge in [-0.1, -0.05) is 0 Å². The predicted octanol–water partition coefficient (Wildman–Crippen LogP) is 1.83. The lowest BCUT2D eigenvalue weighted by atomic mass is 10.2. The van der Waals surface area contributed by atoms with Crippen LogP contribution in [0.3, 0.4) is 0 Å². The summed E-state index contributed by atoms with van der Waals surface area (Å²) < 4.78 is 16.6. The Balaban J connectivity index is 1.80. The molecule has 2 amide bonds. The molecule has 168 valence electrons. The second-order valence-corrected chi connectivity index (χ2v) is 8.00. The summed E-state index contributed by atoms with van der Waals surface area (Å²) in [6.07, 6.45) is 1.36. The van der Waals surface area contributed by atoms with Crippen LogP contribution in [0.25, 0.3) is 0 Å². The molecule has 0 spiro atoms. The molecule has 0 aliphatic carbocycles. The van der Waals surface area contributed by atoms with E-state index in [4.69, 9.17) is 14.2 Å². The number of methoxy groups -OCH3 is 1. The Morgan fingerprint density at radius 3 is 2.53 bits per heavy atom. The minimum absolute atomic E-state index is 0.0455. The number of nitrogens with zero attached hydrogens (tertiary/aromatic N) is 1. The van der Waals surface area contributed by atoms with Gasteiger partial charge in [-0.05, 0) is 52.3 Å². The molecule has 1 aromatic rings. The molecule has 2 unspecified atom stereocenters. The predicted molar refractivity (Wildman–Crippen MR) is 115 cm³/mol. The first kappa shape index (κ1) is 24.0. The van der Waals surface area contributed by atoms with E-state index < -0.39 is 0 Å². The van der Waals surface area contributed by atoms with Gasteiger partial charge >= 0.3 is 0 Å². The SMILES string of the molecule is COc1cc(C(=O)NCCCN2CC(C)OC(C)C2)ccc1OCC(=O)NC(C)C. The van der Waals surface area contributed by atoms with Crippen molar-refractivity contribution < 1.29 is 23.8 Å². The zero-order valence-electron chi connectivity index (χ0n) is 18.7. The van der Waals surface area contributed by atoms with Crippen molar-refractivity contribution in [2.45, 2.75) is 52.4 Å². The average Bonchev–Trinajstić information content (AvgIpc) is 2.68. The summed E-state index contributed by atoms with van der Waals surface area (Å²) in [6.45, 7) is 11.2. The molecular weight excluding hydrogens is 386 g/mol. The van der Waals surface area contributed by atoms with Crippen molar-refractivity contribution in [2.75, 3.05) is 39.9 Å². The van der Waals surface area contributed by atoms with Gasteiger partial charge in [0.15, 0.2) is 18.1 Å². The van der Waals surface area contributed by atoms with Crippen LogP contribution in [-0.4, -0.2) is 74.9 Å². The maximum absolute atomic E-state index is 12.5. The molecule has 0 aromatic heterocycles. The van der Waals surface area contributed by atoms with E-state index in [1.807, 2.05) is 13.8 Å². The van der Waals surface area contributed by atoms with E-state index in [0.717, 1.165) is 26.1 Å². The summed E-state index contributed by atoms with van der Waals surface area (Å²) in [5.41, 5.74) is 0.486. The van der Waals surface area contributed by atoms with Gasteiger partial charge in [0.05, 0.1) is 19.3 Å². The third kappa shape index (κ3) is 7.84. The minimum atomic E-state index is -0.210. The first-order valence-electron chi connectivity index (χ1n) is 10.5. The molecule has 8 heteroatoms. The van der Waals surface area contributed by atoms with Crippen LogP contribution < -0.4 is 20.1 Å². The number of ether oxygens (including phenoxy) is 3. The summed E-state index contributed by atoms with van der Waals surface area (Å²) in [6, 6.07) is 4.98. The van der Waals surface area contributed by atoms with Gasteiger partial charge in [0.1, 0.15) is 0 Å². The van der Waals surface area contributed by atoms with Gasteiger partial charge in [0.2, 0.25) is 0 Å². The van der Waals surface area contributed by atoms with Gasteiger partial charge in [-0.3, -0.25) is 14.5 Å². The molecule has 0 saturated carbocycles. The van der Waals surface area contributed by atoms with Gasteiger partial charge in [0, 0.05) is 37.8 Å². The van der Waals surface area contributed by atoms with Gasteiger partial charge in [-0.25, -0.2) is 0 Å². The third-order valence-electron chi connectivity index (χ3n) is 4.67. The zero-order valence-corrected chi connectivity index (χ0v) is 18.7. The van der Waals surface area contributed by atoms with Crippen LogP contribution in [0.2, 0.25) is 0 Å². The number of amides is 2. The van der Waals surface area contributed by atoms with E-state index in [9.17, 15) is 9.59 Å². The van der Waals surface area contributed by atoms with Crippen molar-refractivity contribution in [2.24, 2.45) is 0 Å². The van der Waals surface area contributed by atoms with Gasteiger partial charge in [0.25, 0.3) is 11.8 Å². The van der Waals surface area contributed by atoms with Gasteiger partial charge < -0.3 is 24.8 Å². The Hall–Kier alpha value is -2.32. The van der Waals surface area contributed by atoms with Crippen molar-refractivity contribution in [3.63, 3.8) is 0 Å². The number of carbonyl (C=O) groups is 2. The maximum Gasteiger partial charge on any atom is 0.258 e. The molecule has 2 rings (SSSR count). The van der Waals surface area contributed by atoms with Crippen LogP contribution in [0.4, 0.5) is 0 Å². The van der Waals surface area contributed by atoms with Crippen LogP contribution >= 0.6 is 0 Å². The fourth-order valence-electron chi connectivity index (χ4n) is 3.51. The average molecular weight is 422 g/mol. The zero-order chi connectivity index (χ0) is 22.1. The number of morpholine rings is 1. The number of benzene rings is 1. The van der Waals surface area contributed by atoms with Gasteiger partial charge in [-0.15, -0.1) is 0 Å². The second kappa shape index (κ2) is 11.8. The molecule has 1 heterocycles. The van der Waals surface area contributed by atoms with Crippen molar-refractivity contribution in [1.29, 1.82) is 0 Å². The lowest BCUT2D eigenvalue weighted by Crippen LogP contribution is -2.46. The Morgan fingerprint density at radius 1 is 1.20 bits per heavy atom. The molecule has 2 atom stereocenters. The fraction of sp³-hybridized carbons (Fsp3) is 0.636. The maximum atomic E-state index is 12.5. The molecule has 2 N–H and O–H groups in total. The second-order valence-electron chi connectivity index (χ2n) is 8.00. The van der Waals surface area contributed by atoms with E-state index in [1.165, 1.54) is 7.11 Å². The molecule has 0 bridgehead atoms. The normalized spacial score (nSPS) is 19.4. The molecule has 1 aliphatic rings. The number of rotatable bonds is 10.